The number of hydrogen-bond donors (Lipinski definition) is 1. The van der Waals surface area contributed by atoms with Gasteiger partial charge in [-0.15, -0.1) is 0 Å². The van der Waals surface area contributed by atoms with Gasteiger partial charge in [0, 0.05) is 22.3 Å². The minimum Gasteiger partial charge on any atom is -0.289 e. The van der Waals surface area contributed by atoms with Gasteiger partial charge in [0.1, 0.15) is 5.82 Å². The van der Waals surface area contributed by atoms with Crippen LogP contribution in [0.3, 0.4) is 0 Å². The summed E-state index contributed by atoms with van der Waals surface area (Å²) in [6, 6.07) is 15.4. The van der Waals surface area contributed by atoms with Gasteiger partial charge in [-0.3, -0.25) is 14.3 Å². The molecule has 0 unspecified atom stereocenters. The highest BCUT2D eigenvalue weighted by atomic mass is 32.2. The fourth-order valence-electron chi connectivity index (χ4n) is 2.99. The predicted molar refractivity (Wildman–Crippen MR) is 97.0 cm³/mol. The lowest BCUT2D eigenvalue weighted by Gasteiger charge is -2.18. The van der Waals surface area contributed by atoms with Crippen molar-refractivity contribution < 1.29 is 22.4 Å². The van der Waals surface area contributed by atoms with Gasteiger partial charge in [-0.2, -0.15) is 0 Å². The molecule has 5 nitrogen and oxygen atoms in total. The van der Waals surface area contributed by atoms with Crippen molar-refractivity contribution in [2.24, 2.45) is 0 Å². The molecule has 0 fully saturated rings. The Balaban J connectivity index is 1.78. The van der Waals surface area contributed by atoms with Crippen LogP contribution in [0.4, 0.5) is 10.1 Å². The summed E-state index contributed by atoms with van der Waals surface area (Å²) < 4.78 is 41.1. The second-order valence-corrected chi connectivity index (χ2v) is 7.68. The number of sulfonamides is 1. The summed E-state index contributed by atoms with van der Waals surface area (Å²) in [5.74, 6) is -1.49. The summed E-state index contributed by atoms with van der Waals surface area (Å²) in [6.45, 7) is 0. The number of anilines is 1. The lowest BCUT2D eigenvalue weighted by atomic mass is 9.84. The number of halogens is 1. The number of hydrogen-bond acceptors (Lipinski definition) is 4. The molecule has 3 aromatic carbocycles. The van der Waals surface area contributed by atoms with Crippen molar-refractivity contribution in [2.45, 2.75) is 4.90 Å². The molecule has 0 aromatic heterocycles. The molecule has 134 valence electrons. The topological polar surface area (TPSA) is 80.3 Å². The van der Waals surface area contributed by atoms with E-state index in [9.17, 15) is 22.4 Å². The van der Waals surface area contributed by atoms with Crippen LogP contribution in [0.15, 0.2) is 71.6 Å². The Kier molecular flexibility index (Phi) is 3.89. The number of carbonyl (C=O) groups excluding carboxylic acids is 2. The molecule has 1 aliphatic rings. The molecule has 0 atom stereocenters. The summed E-state index contributed by atoms with van der Waals surface area (Å²) in [5, 5.41) is 0. The van der Waals surface area contributed by atoms with E-state index in [0.29, 0.717) is 0 Å². The standard InChI is InChI=1S/C20H12FNO4S/c21-17-7-3-4-8-18(17)22-27(25,26)12-9-10-15-16(11-12)20(24)14-6-2-1-5-13(14)19(15)23/h1-11,22H. The maximum Gasteiger partial charge on any atom is 0.262 e. The van der Waals surface area contributed by atoms with Gasteiger partial charge in [0.05, 0.1) is 10.6 Å². The van der Waals surface area contributed by atoms with E-state index in [1.807, 2.05) is 0 Å². The molecule has 0 amide bonds. The van der Waals surface area contributed by atoms with Crippen LogP contribution in [0.1, 0.15) is 31.8 Å². The van der Waals surface area contributed by atoms with Crippen molar-refractivity contribution in [1.29, 1.82) is 0 Å². The monoisotopic (exact) mass is 381 g/mol. The largest absolute Gasteiger partial charge is 0.289 e. The van der Waals surface area contributed by atoms with Gasteiger partial charge in [-0.25, -0.2) is 12.8 Å². The number of para-hydroxylation sites is 1. The molecule has 27 heavy (non-hydrogen) atoms. The second kappa shape index (κ2) is 6.14. The average Bonchev–Trinajstić information content (AvgIpc) is 2.67. The third kappa shape index (κ3) is 2.82. The van der Waals surface area contributed by atoms with Gasteiger partial charge >= 0.3 is 0 Å². The van der Waals surface area contributed by atoms with Crippen LogP contribution in [0.5, 0.6) is 0 Å². The van der Waals surface area contributed by atoms with Crippen molar-refractivity contribution in [3.63, 3.8) is 0 Å². The SMILES string of the molecule is O=C1c2ccccc2C(=O)c2cc(S(=O)(=O)Nc3ccccc3F)ccc21. The van der Waals surface area contributed by atoms with E-state index in [0.717, 1.165) is 12.1 Å². The lowest BCUT2D eigenvalue weighted by molar-refractivity contribution is 0.0979. The number of rotatable bonds is 3. The molecule has 0 spiro atoms. The van der Waals surface area contributed by atoms with Crippen LogP contribution in [0, 0.1) is 5.82 Å². The first-order valence-corrected chi connectivity index (χ1v) is 9.46. The van der Waals surface area contributed by atoms with E-state index in [2.05, 4.69) is 4.72 Å². The van der Waals surface area contributed by atoms with Crippen LogP contribution < -0.4 is 4.72 Å². The van der Waals surface area contributed by atoms with Gasteiger partial charge in [0.15, 0.2) is 11.6 Å². The highest BCUT2D eigenvalue weighted by Gasteiger charge is 2.30. The summed E-state index contributed by atoms with van der Waals surface area (Å²) in [5.41, 5.74) is 0.461. The maximum absolute atomic E-state index is 13.8. The van der Waals surface area contributed by atoms with Gasteiger partial charge in [0.2, 0.25) is 0 Å². The van der Waals surface area contributed by atoms with E-state index < -0.39 is 21.6 Å². The highest BCUT2D eigenvalue weighted by Crippen LogP contribution is 2.29. The molecule has 0 aliphatic heterocycles. The first kappa shape index (κ1) is 17.1. The number of benzene rings is 3. The smallest absolute Gasteiger partial charge is 0.262 e. The Labute approximate surface area is 154 Å². The van der Waals surface area contributed by atoms with E-state index in [-0.39, 0.29) is 38.6 Å². The van der Waals surface area contributed by atoms with Gasteiger partial charge < -0.3 is 0 Å². The maximum atomic E-state index is 13.8. The van der Waals surface area contributed by atoms with Crippen LogP contribution in [-0.2, 0) is 10.0 Å². The van der Waals surface area contributed by atoms with Gasteiger partial charge in [0.25, 0.3) is 10.0 Å². The van der Waals surface area contributed by atoms with E-state index >= 15 is 0 Å². The fraction of sp³-hybridized carbons (Fsp3) is 0. The number of fused-ring (bicyclic) bond motifs is 2. The zero-order valence-corrected chi connectivity index (χ0v) is 14.6. The van der Waals surface area contributed by atoms with Crippen molar-refractivity contribution in [1.82, 2.24) is 0 Å². The Bertz CT molecular complexity index is 1220. The summed E-state index contributed by atoms with van der Waals surface area (Å²) in [7, 11) is -4.14. The zero-order valence-electron chi connectivity index (χ0n) is 13.8. The van der Waals surface area contributed by atoms with Crippen molar-refractivity contribution in [2.75, 3.05) is 4.72 Å². The molecule has 3 aromatic rings. The minimum absolute atomic E-state index is 0.00936. The van der Waals surface area contributed by atoms with Crippen LogP contribution in [-0.4, -0.2) is 20.0 Å². The Morgan fingerprint density at radius 3 is 1.93 bits per heavy atom. The zero-order chi connectivity index (χ0) is 19.2. The lowest BCUT2D eigenvalue weighted by Crippen LogP contribution is -2.22. The first-order valence-electron chi connectivity index (χ1n) is 7.98. The number of nitrogens with one attached hydrogen (secondary N) is 1. The van der Waals surface area contributed by atoms with Crippen LogP contribution in [0.25, 0.3) is 0 Å². The molecule has 7 heteroatoms. The second-order valence-electron chi connectivity index (χ2n) is 6.00. The first-order chi connectivity index (χ1) is 12.9. The molecular formula is C20H12FNO4S. The summed E-state index contributed by atoms with van der Waals surface area (Å²) in [6.07, 6.45) is 0. The van der Waals surface area contributed by atoms with Crippen molar-refractivity contribution >= 4 is 27.3 Å². The van der Waals surface area contributed by atoms with Crippen molar-refractivity contribution in [3.05, 3.63) is 94.8 Å². The molecule has 0 saturated heterocycles. The molecule has 0 bridgehead atoms. The molecule has 4 rings (SSSR count). The number of ketones is 2. The normalized spacial score (nSPS) is 13.1. The summed E-state index contributed by atoms with van der Waals surface area (Å²) in [4.78, 5) is 25.1. The van der Waals surface area contributed by atoms with Crippen LogP contribution >= 0.6 is 0 Å². The molecular weight excluding hydrogens is 369 g/mol. The molecule has 0 heterocycles. The van der Waals surface area contributed by atoms with Gasteiger partial charge in [-0.1, -0.05) is 36.4 Å². The Morgan fingerprint density at radius 1 is 0.704 bits per heavy atom. The average molecular weight is 381 g/mol. The van der Waals surface area contributed by atoms with Crippen molar-refractivity contribution in [3.8, 4) is 0 Å². The number of carbonyl (C=O) groups is 2. The quantitative estimate of drug-likeness (QED) is 0.590. The predicted octanol–water partition coefficient (Wildman–Crippen LogP) is 3.40. The van der Waals surface area contributed by atoms with Crippen LogP contribution in [0.2, 0.25) is 0 Å². The molecule has 0 saturated carbocycles. The fourth-order valence-corrected chi connectivity index (χ4v) is 4.09. The van der Waals surface area contributed by atoms with Gasteiger partial charge in [-0.05, 0) is 30.3 Å². The third-order valence-corrected chi connectivity index (χ3v) is 5.69. The molecule has 1 aliphatic carbocycles. The Morgan fingerprint density at radius 2 is 1.26 bits per heavy atom. The highest BCUT2D eigenvalue weighted by molar-refractivity contribution is 7.92. The van der Waals surface area contributed by atoms with E-state index in [4.69, 9.17) is 0 Å². The third-order valence-electron chi connectivity index (χ3n) is 4.33. The molecule has 1 N–H and O–H groups in total. The van der Waals surface area contributed by atoms with E-state index in [1.54, 1.807) is 18.2 Å². The van der Waals surface area contributed by atoms with E-state index in [1.165, 1.54) is 36.4 Å². The Hall–Kier alpha value is -3.32. The molecule has 0 radical (unpaired) electrons. The minimum atomic E-state index is -4.14. The summed E-state index contributed by atoms with van der Waals surface area (Å²) >= 11 is 0.